The normalized spacial score (nSPS) is 14.0. The Balaban J connectivity index is 2.83. The maximum atomic E-state index is 12.2. The molecule has 0 aliphatic heterocycles. The van der Waals surface area contributed by atoms with E-state index in [1.807, 2.05) is 44.2 Å². The number of hydrogen-bond acceptors (Lipinski definition) is 5. The second-order valence-corrected chi connectivity index (χ2v) is 8.50. The fraction of sp³-hybridized carbons (Fsp3) is 0.619. The van der Waals surface area contributed by atoms with Crippen LogP contribution in [0, 0.1) is 5.92 Å². The predicted molar refractivity (Wildman–Crippen MR) is 108 cm³/mol. The maximum absolute atomic E-state index is 12.2. The van der Waals surface area contributed by atoms with Gasteiger partial charge in [-0.25, -0.2) is 4.79 Å². The molecule has 7 nitrogen and oxygen atoms in total. The average molecular weight is 395 g/mol. The van der Waals surface area contributed by atoms with Crippen molar-refractivity contribution in [1.82, 2.24) is 10.2 Å². The molecule has 28 heavy (non-hydrogen) atoms. The van der Waals surface area contributed by atoms with E-state index in [9.17, 15) is 19.8 Å². The molecule has 0 unspecified atom stereocenters. The molecule has 0 aliphatic carbocycles. The van der Waals surface area contributed by atoms with Gasteiger partial charge < -0.3 is 20.3 Å². The zero-order valence-electron chi connectivity index (χ0n) is 17.5. The second kappa shape index (κ2) is 11.0. The van der Waals surface area contributed by atoms with Gasteiger partial charge in [-0.3, -0.25) is 9.69 Å². The molecule has 0 saturated carbocycles. The fourth-order valence-electron chi connectivity index (χ4n) is 2.89. The number of amides is 1. The Morgan fingerprint density at radius 3 is 2.29 bits per heavy atom. The first-order valence-electron chi connectivity index (χ1n) is 9.62. The van der Waals surface area contributed by atoms with Gasteiger partial charge in [0.05, 0.1) is 18.7 Å². The van der Waals surface area contributed by atoms with Crippen LogP contribution in [-0.2, 0) is 16.1 Å². The van der Waals surface area contributed by atoms with Crippen LogP contribution in [0.25, 0.3) is 0 Å². The molecule has 0 aromatic heterocycles. The highest BCUT2D eigenvalue weighted by Gasteiger charge is 2.27. The summed E-state index contributed by atoms with van der Waals surface area (Å²) in [7, 11) is 0. The Hall–Kier alpha value is -2.12. The van der Waals surface area contributed by atoms with Crippen molar-refractivity contribution in [3.05, 3.63) is 35.9 Å². The molecule has 2 atom stereocenters. The predicted octanol–water partition coefficient (Wildman–Crippen LogP) is 2.87. The number of nitrogens with zero attached hydrogens (tertiary/aromatic N) is 1. The summed E-state index contributed by atoms with van der Waals surface area (Å²) in [5.74, 6) is -0.736. The lowest BCUT2D eigenvalue weighted by Crippen LogP contribution is -2.50. The van der Waals surface area contributed by atoms with Crippen molar-refractivity contribution in [2.24, 2.45) is 5.92 Å². The van der Waals surface area contributed by atoms with Gasteiger partial charge in [-0.1, -0.05) is 44.2 Å². The minimum absolute atomic E-state index is 0.119. The van der Waals surface area contributed by atoms with Crippen molar-refractivity contribution < 1.29 is 24.5 Å². The molecule has 1 rings (SSSR count). The van der Waals surface area contributed by atoms with Gasteiger partial charge in [0, 0.05) is 13.1 Å². The van der Waals surface area contributed by atoms with Gasteiger partial charge in [0.1, 0.15) is 5.60 Å². The smallest absolute Gasteiger partial charge is 0.407 e. The standard InChI is InChI=1S/C21H34N2O5/c1-15(2)11-17(22-20(27)28-21(3,4)5)18(24)13-23(14-19(25)26)12-16-9-7-6-8-10-16/h6-10,15,17-18,24H,11-14H2,1-5H3,(H,22,27)(H,25,26)/t17-,18+/m1/s1. The summed E-state index contributed by atoms with van der Waals surface area (Å²) in [5.41, 5.74) is 0.316. The SMILES string of the molecule is CC(C)C[C@@H](NC(=O)OC(C)(C)C)[C@@H](O)CN(CC(=O)O)Cc1ccccc1. The largest absolute Gasteiger partial charge is 0.480 e. The van der Waals surface area contributed by atoms with Crippen molar-refractivity contribution in [2.75, 3.05) is 13.1 Å². The van der Waals surface area contributed by atoms with Crippen LogP contribution in [0.15, 0.2) is 30.3 Å². The van der Waals surface area contributed by atoms with Crippen molar-refractivity contribution in [3.8, 4) is 0 Å². The highest BCUT2D eigenvalue weighted by atomic mass is 16.6. The zero-order chi connectivity index (χ0) is 21.3. The van der Waals surface area contributed by atoms with Gasteiger partial charge >= 0.3 is 12.1 Å². The molecule has 1 amide bonds. The van der Waals surface area contributed by atoms with E-state index in [0.717, 1.165) is 5.56 Å². The van der Waals surface area contributed by atoms with Crippen molar-refractivity contribution in [1.29, 1.82) is 0 Å². The van der Waals surface area contributed by atoms with E-state index in [4.69, 9.17) is 4.74 Å². The molecule has 0 aliphatic rings. The third kappa shape index (κ3) is 10.3. The molecule has 1 aromatic rings. The van der Waals surface area contributed by atoms with Crippen molar-refractivity contribution in [2.45, 2.75) is 65.3 Å². The lowest BCUT2D eigenvalue weighted by molar-refractivity contribution is -0.138. The third-order valence-electron chi connectivity index (χ3n) is 3.95. The minimum Gasteiger partial charge on any atom is -0.480 e. The lowest BCUT2D eigenvalue weighted by atomic mass is 9.98. The molecule has 3 N–H and O–H groups in total. The Morgan fingerprint density at radius 2 is 1.79 bits per heavy atom. The number of hydrogen-bond donors (Lipinski definition) is 3. The summed E-state index contributed by atoms with van der Waals surface area (Å²) in [6, 6.07) is 8.94. The molecular formula is C21H34N2O5. The highest BCUT2D eigenvalue weighted by molar-refractivity contribution is 5.69. The molecule has 0 radical (unpaired) electrons. The quantitative estimate of drug-likeness (QED) is 0.564. The molecular weight excluding hydrogens is 360 g/mol. The van der Waals surface area contributed by atoms with Gasteiger partial charge in [0.15, 0.2) is 0 Å². The number of nitrogens with one attached hydrogen (secondary N) is 1. The number of benzene rings is 1. The van der Waals surface area contributed by atoms with Crippen LogP contribution < -0.4 is 5.32 Å². The van der Waals surface area contributed by atoms with Gasteiger partial charge in [-0.15, -0.1) is 0 Å². The number of aliphatic hydroxyl groups is 1. The summed E-state index contributed by atoms with van der Waals surface area (Å²) < 4.78 is 5.30. The summed E-state index contributed by atoms with van der Waals surface area (Å²) in [6.07, 6.45) is -0.977. The number of carbonyl (C=O) groups is 2. The van der Waals surface area contributed by atoms with Crippen LogP contribution in [0.4, 0.5) is 4.79 Å². The number of carboxylic acids is 1. The van der Waals surface area contributed by atoms with Crippen LogP contribution in [0.2, 0.25) is 0 Å². The highest BCUT2D eigenvalue weighted by Crippen LogP contribution is 2.14. The summed E-state index contributed by atoms with van der Waals surface area (Å²) in [4.78, 5) is 25.1. The monoisotopic (exact) mass is 394 g/mol. The summed E-state index contributed by atoms with van der Waals surface area (Å²) in [5, 5.41) is 22.7. The number of aliphatic carboxylic acids is 1. The summed E-state index contributed by atoms with van der Waals surface area (Å²) in [6.45, 7) is 9.62. The molecule has 158 valence electrons. The number of carboxylic acid groups (broad SMARTS) is 1. The molecule has 0 spiro atoms. The minimum atomic E-state index is -0.969. The van der Waals surface area contributed by atoms with Gasteiger partial charge in [0.2, 0.25) is 0 Å². The van der Waals surface area contributed by atoms with Crippen LogP contribution in [0.5, 0.6) is 0 Å². The first-order chi connectivity index (χ1) is 13.0. The Morgan fingerprint density at radius 1 is 1.18 bits per heavy atom. The van der Waals surface area contributed by atoms with Crippen LogP contribution >= 0.6 is 0 Å². The van der Waals surface area contributed by atoms with E-state index in [-0.39, 0.29) is 19.0 Å². The molecule has 0 fully saturated rings. The van der Waals surface area contributed by atoms with Crippen LogP contribution in [-0.4, -0.2) is 58.0 Å². The molecule has 7 heteroatoms. The van der Waals surface area contributed by atoms with Gasteiger partial charge in [0.25, 0.3) is 0 Å². The second-order valence-electron chi connectivity index (χ2n) is 8.50. The average Bonchev–Trinajstić information content (AvgIpc) is 2.52. The van der Waals surface area contributed by atoms with Crippen molar-refractivity contribution in [3.63, 3.8) is 0 Å². The third-order valence-corrected chi connectivity index (χ3v) is 3.95. The fourth-order valence-corrected chi connectivity index (χ4v) is 2.89. The zero-order valence-corrected chi connectivity index (χ0v) is 17.5. The van der Waals surface area contributed by atoms with E-state index in [0.29, 0.717) is 13.0 Å². The lowest BCUT2D eigenvalue weighted by Gasteiger charge is -2.31. The van der Waals surface area contributed by atoms with Crippen LogP contribution in [0.3, 0.4) is 0 Å². The Kier molecular flexibility index (Phi) is 9.41. The number of carbonyl (C=O) groups excluding carboxylic acids is 1. The number of alkyl carbamates (subject to hydrolysis) is 1. The Labute approximate surface area is 167 Å². The first-order valence-corrected chi connectivity index (χ1v) is 9.62. The van der Waals surface area contributed by atoms with E-state index >= 15 is 0 Å². The van der Waals surface area contributed by atoms with Crippen molar-refractivity contribution >= 4 is 12.1 Å². The van der Waals surface area contributed by atoms with E-state index in [2.05, 4.69) is 5.32 Å². The van der Waals surface area contributed by atoms with E-state index in [1.54, 1.807) is 25.7 Å². The maximum Gasteiger partial charge on any atom is 0.407 e. The molecule has 0 bridgehead atoms. The van der Waals surface area contributed by atoms with E-state index < -0.39 is 29.8 Å². The molecule has 1 aromatic carbocycles. The number of ether oxygens (including phenoxy) is 1. The number of rotatable bonds is 10. The Bertz CT molecular complexity index is 613. The van der Waals surface area contributed by atoms with Crippen LogP contribution in [0.1, 0.15) is 46.6 Å². The van der Waals surface area contributed by atoms with Gasteiger partial charge in [-0.2, -0.15) is 0 Å². The number of aliphatic hydroxyl groups excluding tert-OH is 1. The molecule has 0 saturated heterocycles. The van der Waals surface area contributed by atoms with Gasteiger partial charge in [-0.05, 0) is 38.7 Å². The van der Waals surface area contributed by atoms with E-state index in [1.165, 1.54) is 0 Å². The summed E-state index contributed by atoms with van der Waals surface area (Å²) >= 11 is 0. The first kappa shape index (κ1) is 23.9. The molecule has 0 heterocycles. The topological polar surface area (TPSA) is 99.1 Å².